The van der Waals surface area contributed by atoms with Gasteiger partial charge in [0.05, 0.1) is 11.8 Å². The third kappa shape index (κ3) is 3.62. The van der Waals surface area contributed by atoms with Gasteiger partial charge in [-0.05, 0) is 19.1 Å². The second-order valence-electron chi connectivity index (χ2n) is 5.96. The van der Waals surface area contributed by atoms with E-state index in [-0.39, 0.29) is 5.41 Å². The van der Waals surface area contributed by atoms with Crippen LogP contribution in [0.1, 0.15) is 32.2 Å². The molecule has 0 aliphatic rings. The summed E-state index contributed by atoms with van der Waals surface area (Å²) >= 11 is 0. The average Bonchev–Trinajstić information content (AvgIpc) is 2.86. The summed E-state index contributed by atoms with van der Waals surface area (Å²) in [5, 5.41) is 8.74. The molecule has 2 aromatic rings. The van der Waals surface area contributed by atoms with Gasteiger partial charge < -0.3 is 14.3 Å². The van der Waals surface area contributed by atoms with Gasteiger partial charge in [0.1, 0.15) is 5.75 Å². The maximum atomic E-state index is 10.7. The first kappa shape index (κ1) is 15.1. The smallest absolute Gasteiger partial charge is 0.341 e. The fraction of sp³-hybridized carbons (Fsp3) is 0.375. The number of hydrogen-bond donors (Lipinski definition) is 1. The highest BCUT2D eigenvalue weighted by Crippen LogP contribution is 2.33. The number of ether oxygens (including phenoxy) is 1. The Hall–Kier alpha value is -2.30. The first-order valence-corrected chi connectivity index (χ1v) is 6.69. The molecule has 5 nitrogen and oxygen atoms in total. The van der Waals surface area contributed by atoms with Crippen LogP contribution in [0.2, 0.25) is 0 Å². The van der Waals surface area contributed by atoms with Gasteiger partial charge in [-0.25, -0.2) is 9.78 Å². The molecule has 0 spiro atoms. The lowest BCUT2D eigenvalue weighted by Gasteiger charge is -2.13. The molecule has 0 atom stereocenters. The third-order valence-corrected chi connectivity index (χ3v) is 2.90. The number of nitrogens with zero attached hydrogens (tertiary/aromatic N) is 1. The molecule has 1 aromatic heterocycles. The minimum Gasteiger partial charge on any atom is -0.481 e. The topological polar surface area (TPSA) is 72.6 Å². The number of rotatable bonds is 4. The Morgan fingerprint density at radius 2 is 2.10 bits per heavy atom. The summed E-state index contributed by atoms with van der Waals surface area (Å²) in [6.07, 6.45) is 1.64. The Labute approximate surface area is 123 Å². The number of benzene rings is 1. The Morgan fingerprint density at radius 1 is 1.38 bits per heavy atom. The molecule has 0 unspecified atom stereocenters. The van der Waals surface area contributed by atoms with E-state index in [1.165, 1.54) is 0 Å². The molecular weight excluding hydrogens is 270 g/mol. The Kier molecular flexibility index (Phi) is 4.02. The lowest BCUT2D eigenvalue weighted by molar-refractivity contribution is -0.139. The molecule has 21 heavy (non-hydrogen) atoms. The van der Waals surface area contributed by atoms with E-state index in [0.717, 1.165) is 5.56 Å². The standard InChI is InChI=1S/C16H19NO4/c1-10-5-6-12(20-9-14(18)19)11(7-10)13-8-17-15(21-13)16(2,3)4/h5-8H,9H2,1-4H3,(H,18,19). The van der Waals surface area contributed by atoms with Gasteiger partial charge in [-0.3, -0.25) is 0 Å². The van der Waals surface area contributed by atoms with Crippen molar-refractivity contribution < 1.29 is 19.1 Å². The highest BCUT2D eigenvalue weighted by atomic mass is 16.5. The summed E-state index contributed by atoms with van der Waals surface area (Å²) in [7, 11) is 0. The van der Waals surface area contributed by atoms with Gasteiger partial charge in [0, 0.05) is 5.41 Å². The first-order valence-electron chi connectivity index (χ1n) is 6.69. The number of aliphatic carboxylic acids is 1. The lowest BCUT2D eigenvalue weighted by Crippen LogP contribution is -2.11. The zero-order chi connectivity index (χ0) is 15.6. The lowest BCUT2D eigenvalue weighted by atomic mass is 9.97. The van der Waals surface area contributed by atoms with Crippen LogP contribution in [0.5, 0.6) is 5.75 Å². The van der Waals surface area contributed by atoms with Crippen molar-refractivity contribution in [1.29, 1.82) is 0 Å². The summed E-state index contributed by atoms with van der Waals surface area (Å²) in [5.41, 5.74) is 1.55. The molecule has 0 saturated heterocycles. The SMILES string of the molecule is Cc1ccc(OCC(=O)O)c(-c2cnc(C(C)(C)C)o2)c1. The van der Waals surface area contributed by atoms with Crippen LogP contribution in [0.25, 0.3) is 11.3 Å². The quantitative estimate of drug-likeness (QED) is 0.933. The maximum absolute atomic E-state index is 10.7. The van der Waals surface area contributed by atoms with E-state index in [1.54, 1.807) is 12.3 Å². The Balaban J connectivity index is 2.39. The van der Waals surface area contributed by atoms with Crippen molar-refractivity contribution in [1.82, 2.24) is 4.98 Å². The van der Waals surface area contributed by atoms with Crippen molar-refractivity contribution in [3.63, 3.8) is 0 Å². The predicted octanol–water partition coefficient (Wildman–Crippen LogP) is 3.41. The van der Waals surface area contributed by atoms with Gasteiger partial charge in [-0.15, -0.1) is 0 Å². The van der Waals surface area contributed by atoms with Crippen LogP contribution in [-0.4, -0.2) is 22.7 Å². The second-order valence-corrected chi connectivity index (χ2v) is 5.96. The highest BCUT2D eigenvalue weighted by Gasteiger charge is 2.22. The zero-order valence-electron chi connectivity index (χ0n) is 12.6. The summed E-state index contributed by atoms with van der Waals surface area (Å²) < 4.78 is 11.1. The van der Waals surface area contributed by atoms with E-state index in [2.05, 4.69) is 4.98 Å². The van der Waals surface area contributed by atoms with Crippen LogP contribution < -0.4 is 4.74 Å². The van der Waals surface area contributed by atoms with Crippen molar-refractivity contribution in [2.45, 2.75) is 33.1 Å². The van der Waals surface area contributed by atoms with E-state index in [4.69, 9.17) is 14.3 Å². The maximum Gasteiger partial charge on any atom is 0.341 e. The number of aromatic nitrogens is 1. The van der Waals surface area contributed by atoms with Crippen molar-refractivity contribution in [3.05, 3.63) is 35.9 Å². The molecular formula is C16H19NO4. The van der Waals surface area contributed by atoms with Gasteiger partial charge in [0.15, 0.2) is 18.3 Å². The van der Waals surface area contributed by atoms with E-state index in [1.807, 2.05) is 39.8 Å². The fourth-order valence-electron chi connectivity index (χ4n) is 1.85. The van der Waals surface area contributed by atoms with Crippen molar-refractivity contribution in [3.8, 4) is 17.1 Å². The van der Waals surface area contributed by atoms with Crippen LogP contribution in [-0.2, 0) is 10.2 Å². The van der Waals surface area contributed by atoms with E-state index >= 15 is 0 Å². The summed E-state index contributed by atoms with van der Waals surface area (Å²) in [4.78, 5) is 15.0. The molecule has 0 aliphatic heterocycles. The number of oxazole rings is 1. The van der Waals surface area contributed by atoms with Crippen LogP contribution in [0.4, 0.5) is 0 Å². The molecule has 0 saturated carbocycles. The van der Waals surface area contributed by atoms with Crippen molar-refractivity contribution in [2.75, 3.05) is 6.61 Å². The average molecular weight is 289 g/mol. The molecule has 1 N–H and O–H groups in total. The number of aryl methyl sites for hydroxylation is 1. The van der Waals surface area contributed by atoms with Gasteiger partial charge in [0.2, 0.25) is 0 Å². The molecule has 0 aliphatic carbocycles. The normalized spacial score (nSPS) is 11.4. The van der Waals surface area contributed by atoms with Gasteiger partial charge in [0.25, 0.3) is 0 Å². The molecule has 1 heterocycles. The summed E-state index contributed by atoms with van der Waals surface area (Å²) in [6.45, 7) is 7.60. The third-order valence-electron chi connectivity index (χ3n) is 2.90. The fourth-order valence-corrected chi connectivity index (χ4v) is 1.85. The van der Waals surface area contributed by atoms with Gasteiger partial charge in [-0.2, -0.15) is 0 Å². The molecule has 0 radical (unpaired) electrons. The molecule has 112 valence electrons. The first-order chi connectivity index (χ1) is 9.77. The minimum absolute atomic E-state index is 0.190. The number of carboxylic acids is 1. The molecule has 0 amide bonds. The van der Waals surface area contributed by atoms with Gasteiger partial charge >= 0.3 is 5.97 Å². The molecule has 0 fully saturated rings. The minimum atomic E-state index is -1.02. The van der Waals surface area contributed by atoms with Crippen LogP contribution in [0.15, 0.2) is 28.8 Å². The number of carbonyl (C=O) groups is 1. The number of hydrogen-bond acceptors (Lipinski definition) is 4. The molecule has 5 heteroatoms. The van der Waals surface area contributed by atoms with Gasteiger partial charge in [-0.1, -0.05) is 32.4 Å². The molecule has 1 aromatic carbocycles. The van der Waals surface area contributed by atoms with Crippen LogP contribution in [0, 0.1) is 6.92 Å². The van der Waals surface area contributed by atoms with Crippen molar-refractivity contribution >= 4 is 5.97 Å². The zero-order valence-corrected chi connectivity index (χ0v) is 12.6. The summed E-state index contributed by atoms with van der Waals surface area (Å²) in [6, 6.07) is 5.50. The number of carboxylic acid groups (broad SMARTS) is 1. The largest absolute Gasteiger partial charge is 0.481 e. The Morgan fingerprint density at radius 3 is 2.67 bits per heavy atom. The molecule has 2 rings (SSSR count). The summed E-state index contributed by atoms with van der Waals surface area (Å²) in [5.74, 6) is 0.654. The van der Waals surface area contributed by atoms with Crippen molar-refractivity contribution in [2.24, 2.45) is 0 Å². The van der Waals surface area contributed by atoms with Crippen LogP contribution in [0.3, 0.4) is 0 Å². The van der Waals surface area contributed by atoms with Crippen LogP contribution >= 0.6 is 0 Å². The Bertz CT molecular complexity index is 653. The molecule has 0 bridgehead atoms. The predicted molar refractivity (Wildman–Crippen MR) is 78.5 cm³/mol. The van der Waals surface area contributed by atoms with E-state index in [0.29, 0.717) is 23.0 Å². The highest BCUT2D eigenvalue weighted by molar-refractivity contribution is 5.70. The monoisotopic (exact) mass is 289 g/mol. The second kappa shape index (κ2) is 5.60. The van der Waals surface area contributed by atoms with E-state index < -0.39 is 12.6 Å². The van der Waals surface area contributed by atoms with E-state index in [9.17, 15) is 4.79 Å².